The van der Waals surface area contributed by atoms with Crippen molar-refractivity contribution in [3.63, 3.8) is 0 Å². The van der Waals surface area contributed by atoms with Crippen molar-refractivity contribution in [2.24, 2.45) is 0 Å². The maximum Gasteiger partial charge on any atom is 0.230 e. The van der Waals surface area contributed by atoms with Crippen molar-refractivity contribution < 1.29 is 9.59 Å². The fourth-order valence-corrected chi connectivity index (χ4v) is 3.95. The van der Waals surface area contributed by atoms with E-state index in [1.807, 2.05) is 17.5 Å². The van der Waals surface area contributed by atoms with Gasteiger partial charge < -0.3 is 10.6 Å². The Morgan fingerprint density at radius 1 is 1.23 bits per heavy atom. The molecule has 0 atom stereocenters. The average Bonchev–Trinajstić information content (AvgIpc) is 3.24. The molecule has 0 unspecified atom stereocenters. The second-order valence-corrected chi connectivity index (χ2v) is 7.84. The van der Waals surface area contributed by atoms with E-state index in [9.17, 15) is 9.59 Å². The molecule has 0 aliphatic heterocycles. The van der Waals surface area contributed by atoms with Crippen LogP contribution in [-0.2, 0) is 22.6 Å². The molecule has 3 heterocycles. The van der Waals surface area contributed by atoms with E-state index in [0.717, 1.165) is 21.0 Å². The number of nitrogens with zero attached hydrogens (tertiary/aromatic N) is 2. The second-order valence-electron chi connectivity index (χ2n) is 5.43. The highest BCUT2D eigenvalue weighted by Gasteiger charge is 2.11. The maximum atomic E-state index is 12.1. The Balaban J connectivity index is 1.59. The quantitative estimate of drug-likeness (QED) is 0.611. The zero-order chi connectivity index (χ0) is 18.5. The number of hydrogen-bond donors (Lipinski definition) is 2. The van der Waals surface area contributed by atoms with Gasteiger partial charge in [-0.2, -0.15) is 0 Å². The van der Waals surface area contributed by atoms with Crippen LogP contribution in [0.15, 0.2) is 35.8 Å². The van der Waals surface area contributed by atoms with E-state index in [-0.39, 0.29) is 18.2 Å². The largest absolute Gasteiger partial charge is 0.351 e. The van der Waals surface area contributed by atoms with Crippen LogP contribution in [0.4, 0.5) is 5.13 Å². The van der Waals surface area contributed by atoms with E-state index in [4.69, 9.17) is 11.6 Å². The molecule has 0 fully saturated rings. The number of hydrogen-bond acceptors (Lipinski definition) is 6. The van der Waals surface area contributed by atoms with E-state index in [1.54, 1.807) is 29.7 Å². The fourth-order valence-electron chi connectivity index (χ4n) is 2.13. The van der Waals surface area contributed by atoms with Gasteiger partial charge in [-0.05, 0) is 23.8 Å². The van der Waals surface area contributed by atoms with Gasteiger partial charge in [0.25, 0.3) is 0 Å². The fraction of sp³-hybridized carbons (Fsp3) is 0.176. The Hall–Kier alpha value is -2.29. The number of aromatic nitrogens is 2. The zero-order valence-electron chi connectivity index (χ0n) is 13.8. The molecular weight excluding hydrogens is 392 g/mol. The summed E-state index contributed by atoms with van der Waals surface area (Å²) in [6.45, 7) is 1.99. The number of nitrogens with one attached hydrogen (secondary N) is 2. The zero-order valence-corrected chi connectivity index (χ0v) is 16.2. The SMILES string of the molecule is CC(=O)NCc1ccc(-c2csc(NC(=O)Cc3ccc(Cl)nc3)n2)s1. The minimum absolute atomic E-state index is 0.0607. The predicted molar refractivity (Wildman–Crippen MR) is 105 cm³/mol. The first kappa shape index (κ1) is 18.5. The van der Waals surface area contributed by atoms with Gasteiger partial charge in [0.05, 0.1) is 23.5 Å². The maximum absolute atomic E-state index is 12.1. The molecule has 0 saturated carbocycles. The topological polar surface area (TPSA) is 84.0 Å². The molecule has 0 saturated heterocycles. The van der Waals surface area contributed by atoms with Crippen molar-refractivity contribution in [2.75, 3.05) is 5.32 Å². The van der Waals surface area contributed by atoms with Crippen molar-refractivity contribution in [1.82, 2.24) is 15.3 Å². The number of thiophene rings is 1. The van der Waals surface area contributed by atoms with Crippen LogP contribution in [0.25, 0.3) is 10.6 Å². The minimum Gasteiger partial charge on any atom is -0.351 e. The Bertz CT molecular complexity index is 921. The van der Waals surface area contributed by atoms with Crippen LogP contribution >= 0.6 is 34.3 Å². The van der Waals surface area contributed by atoms with Crippen molar-refractivity contribution in [3.8, 4) is 10.6 Å². The molecule has 2 N–H and O–H groups in total. The van der Waals surface area contributed by atoms with Gasteiger partial charge in [-0.15, -0.1) is 22.7 Å². The number of rotatable bonds is 6. The first-order valence-corrected chi connectivity index (χ1v) is 9.76. The lowest BCUT2D eigenvalue weighted by molar-refractivity contribution is -0.119. The van der Waals surface area contributed by atoms with Crippen LogP contribution in [0.1, 0.15) is 17.4 Å². The summed E-state index contributed by atoms with van der Waals surface area (Å²) in [4.78, 5) is 33.6. The van der Waals surface area contributed by atoms with Crippen molar-refractivity contribution in [3.05, 3.63) is 51.4 Å². The lowest BCUT2D eigenvalue weighted by atomic mass is 10.2. The highest BCUT2D eigenvalue weighted by molar-refractivity contribution is 7.17. The Labute approximate surface area is 163 Å². The Kier molecular flexibility index (Phi) is 5.97. The summed E-state index contributed by atoms with van der Waals surface area (Å²) in [6.07, 6.45) is 1.79. The molecular formula is C17H15ClN4O2S2. The van der Waals surface area contributed by atoms with Gasteiger partial charge in [0.15, 0.2) is 5.13 Å². The first-order valence-electron chi connectivity index (χ1n) is 7.69. The summed E-state index contributed by atoms with van der Waals surface area (Å²) in [7, 11) is 0. The molecule has 134 valence electrons. The van der Waals surface area contributed by atoms with Crippen molar-refractivity contribution >= 4 is 51.2 Å². The molecule has 3 aromatic heterocycles. The summed E-state index contributed by atoms with van der Waals surface area (Å²) >= 11 is 8.67. The van der Waals surface area contributed by atoms with E-state index in [0.29, 0.717) is 16.8 Å². The molecule has 26 heavy (non-hydrogen) atoms. The molecule has 0 aliphatic rings. The Morgan fingerprint density at radius 3 is 2.81 bits per heavy atom. The Morgan fingerprint density at radius 2 is 2.08 bits per heavy atom. The third-order valence-corrected chi connectivity index (χ3v) is 5.42. The second kappa shape index (κ2) is 8.39. The highest BCUT2D eigenvalue weighted by Crippen LogP contribution is 2.30. The van der Waals surface area contributed by atoms with Gasteiger partial charge in [0, 0.05) is 23.4 Å². The van der Waals surface area contributed by atoms with Crippen LogP contribution in [-0.4, -0.2) is 21.8 Å². The van der Waals surface area contributed by atoms with E-state index >= 15 is 0 Å². The van der Waals surface area contributed by atoms with Crippen LogP contribution in [0.3, 0.4) is 0 Å². The van der Waals surface area contributed by atoms with Gasteiger partial charge in [-0.3, -0.25) is 9.59 Å². The highest BCUT2D eigenvalue weighted by atomic mass is 35.5. The summed E-state index contributed by atoms with van der Waals surface area (Å²) in [6, 6.07) is 7.34. The standard InChI is InChI=1S/C17H15ClN4O2S2/c1-10(23)19-8-12-3-4-14(26-12)13-9-25-17(21-13)22-16(24)6-11-2-5-15(18)20-7-11/h2-5,7,9H,6,8H2,1H3,(H,19,23)(H,21,22,24). The third kappa shape index (κ3) is 5.10. The monoisotopic (exact) mass is 406 g/mol. The number of anilines is 1. The summed E-state index contributed by atoms with van der Waals surface area (Å²) < 4.78 is 0. The van der Waals surface area contributed by atoms with Gasteiger partial charge in [0.1, 0.15) is 5.15 Å². The molecule has 9 heteroatoms. The molecule has 0 spiro atoms. The van der Waals surface area contributed by atoms with Crippen molar-refractivity contribution in [1.29, 1.82) is 0 Å². The average molecular weight is 407 g/mol. The molecule has 6 nitrogen and oxygen atoms in total. The normalized spacial score (nSPS) is 10.5. The molecule has 0 radical (unpaired) electrons. The summed E-state index contributed by atoms with van der Waals surface area (Å²) in [5.74, 6) is -0.220. The minimum atomic E-state index is -0.160. The molecule has 0 aliphatic carbocycles. The van der Waals surface area contributed by atoms with Gasteiger partial charge >= 0.3 is 0 Å². The lowest BCUT2D eigenvalue weighted by Gasteiger charge is -2.01. The van der Waals surface area contributed by atoms with Gasteiger partial charge in [-0.1, -0.05) is 17.7 Å². The molecule has 2 amide bonds. The molecule has 3 rings (SSSR count). The number of pyridine rings is 1. The smallest absolute Gasteiger partial charge is 0.230 e. The third-order valence-electron chi connectivity index (χ3n) is 3.33. The molecule has 3 aromatic rings. The van der Waals surface area contributed by atoms with Crippen LogP contribution in [0, 0.1) is 0 Å². The first-order chi connectivity index (χ1) is 12.5. The predicted octanol–water partition coefficient (Wildman–Crippen LogP) is 3.74. The summed E-state index contributed by atoms with van der Waals surface area (Å²) in [5.41, 5.74) is 1.59. The van der Waals surface area contributed by atoms with E-state index < -0.39 is 0 Å². The van der Waals surface area contributed by atoms with Gasteiger partial charge in [-0.25, -0.2) is 9.97 Å². The lowest BCUT2D eigenvalue weighted by Crippen LogP contribution is -2.17. The number of carbonyl (C=O) groups excluding carboxylic acids is 2. The van der Waals surface area contributed by atoms with Gasteiger partial charge in [0.2, 0.25) is 11.8 Å². The molecule has 0 aromatic carbocycles. The van der Waals surface area contributed by atoms with E-state index in [2.05, 4.69) is 20.6 Å². The number of thiazole rings is 1. The van der Waals surface area contributed by atoms with E-state index in [1.165, 1.54) is 18.3 Å². The molecule has 0 bridgehead atoms. The van der Waals surface area contributed by atoms with Crippen LogP contribution in [0.5, 0.6) is 0 Å². The van der Waals surface area contributed by atoms with Crippen LogP contribution in [0.2, 0.25) is 5.15 Å². The number of carbonyl (C=O) groups is 2. The van der Waals surface area contributed by atoms with Crippen molar-refractivity contribution in [2.45, 2.75) is 19.9 Å². The number of halogens is 1. The number of amides is 2. The van der Waals surface area contributed by atoms with Crippen LogP contribution < -0.4 is 10.6 Å². The summed E-state index contributed by atoms with van der Waals surface area (Å²) in [5, 5.41) is 8.40.